The maximum absolute atomic E-state index is 13.9. The lowest BCUT2D eigenvalue weighted by atomic mass is 10.2. The van der Waals surface area contributed by atoms with Gasteiger partial charge < -0.3 is 13.9 Å². The minimum Gasteiger partial charge on any atom is -0.476 e. The molecule has 1 saturated carbocycles. The van der Waals surface area contributed by atoms with Gasteiger partial charge in [-0.1, -0.05) is 18.2 Å². The Balaban J connectivity index is 1.56. The SMILES string of the molecule is Fc1cccc(-c2nc3c(OCC4CC4)nc(Oc4ccccc4F)nc3o2)c1. The van der Waals surface area contributed by atoms with E-state index in [1.54, 1.807) is 24.3 Å². The molecule has 0 amide bonds. The molecular formula is C21H15F2N3O3. The number of fused-ring (bicyclic) bond motifs is 1. The van der Waals surface area contributed by atoms with Crippen LogP contribution >= 0.6 is 0 Å². The molecule has 0 aliphatic heterocycles. The molecule has 1 fully saturated rings. The van der Waals surface area contributed by atoms with Crippen molar-refractivity contribution in [3.8, 4) is 29.1 Å². The average Bonchev–Trinajstić information content (AvgIpc) is 3.44. The van der Waals surface area contributed by atoms with Crippen LogP contribution in [0.4, 0.5) is 8.78 Å². The van der Waals surface area contributed by atoms with Gasteiger partial charge in [-0.2, -0.15) is 9.97 Å². The fourth-order valence-electron chi connectivity index (χ4n) is 2.78. The van der Waals surface area contributed by atoms with E-state index in [-0.39, 0.29) is 29.2 Å². The van der Waals surface area contributed by atoms with Crippen LogP contribution in [0.25, 0.3) is 22.7 Å². The molecule has 0 radical (unpaired) electrons. The van der Waals surface area contributed by atoms with E-state index < -0.39 is 11.6 Å². The summed E-state index contributed by atoms with van der Waals surface area (Å²) < 4.78 is 44.5. The van der Waals surface area contributed by atoms with Crippen LogP contribution in [0.1, 0.15) is 12.8 Å². The number of oxazole rings is 1. The normalized spacial score (nSPS) is 13.6. The van der Waals surface area contributed by atoms with Crippen molar-refractivity contribution in [2.24, 2.45) is 5.92 Å². The first-order chi connectivity index (χ1) is 14.2. The molecule has 1 aliphatic rings. The van der Waals surface area contributed by atoms with Gasteiger partial charge in [0.15, 0.2) is 17.1 Å². The van der Waals surface area contributed by atoms with Crippen LogP contribution in [0.3, 0.4) is 0 Å². The quantitative estimate of drug-likeness (QED) is 0.450. The van der Waals surface area contributed by atoms with Crippen molar-refractivity contribution in [2.75, 3.05) is 6.61 Å². The van der Waals surface area contributed by atoms with Crippen molar-refractivity contribution < 1.29 is 22.7 Å². The van der Waals surface area contributed by atoms with Crippen LogP contribution in [0.15, 0.2) is 52.9 Å². The molecule has 29 heavy (non-hydrogen) atoms. The van der Waals surface area contributed by atoms with Crippen LogP contribution in [0.5, 0.6) is 17.6 Å². The van der Waals surface area contributed by atoms with Crippen LogP contribution in [0, 0.1) is 17.6 Å². The molecule has 6 nitrogen and oxygen atoms in total. The second kappa shape index (κ2) is 7.12. The largest absolute Gasteiger partial charge is 0.476 e. The molecule has 0 saturated heterocycles. The number of nitrogens with zero attached hydrogens (tertiary/aromatic N) is 3. The second-order valence-corrected chi connectivity index (χ2v) is 6.78. The van der Waals surface area contributed by atoms with Crippen LogP contribution in [0.2, 0.25) is 0 Å². The minimum atomic E-state index is -0.547. The summed E-state index contributed by atoms with van der Waals surface area (Å²) in [5.41, 5.74) is 0.856. The van der Waals surface area contributed by atoms with Crippen molar-refractivity contribution >= 4 is 11.2 Å². The van der Waals surface area contributed by atoms with Gasteiger partial charge in [0.05, 0.1) is 6.61 Å². The third kappa shape index (κ3) is 3.73. The van der Waals surface area contributed by atoms with E-state index in [1.165, 1.54) is 24.3 Å². The van der Waals surface area contributed by atoms with Gasteiger partial charge in [-0.25, -0.2) is 13.8 Å². The number of ether oxygens (including phenoxy) is 2. The molecule has 4 aromatic rings. The van der Waals surface area contributed by atoms with Crippen molar-refractivity contribution in [3.63, 3.8) is 0 Å². The Labute approximate surface area is 164 Å². The third-order valence-electron chi connectivity index (χ3n) is 4.47. The molecule has 5 rings (SSSR count). The molecule has 0 atom stereocenters. The van der Waals surface area contributed by atoms with E-state index in [0.717, 1.165) is 12.8 Å². The van der Waals surface area contributed by atoms with Crippen LogP contribution < -0.4 is 9.47 Å². The number of hydrogen-bond acceptors (Lipinski definition) is 6. The van der Waals surface area contributed by atoms with E-state index in [1.807, 2.05) is 0 Å². The lowest BCUT2D eigenvalue weighted by molar-refractivity contribution is 0.286. The van der Waals surface area contributed by atoms with Gasteiger partial charge in [0, 0.05) is 5.56 Å². The van der Waals surface area contributed by atoms with E-state index in [9.17, 15) is 8.78 Å². The molecule has 0 N–H and O–H groups in total. The summed E-state index contributed by atoms with van der Waals surface area (Å²) in [5.74, 6) is -0.151. The van der Waals surface area contributed by atoms with Crippen molar-refractivity contribution in [2.45, 2.75) is 12.8 Å². The van der Waals surface area contributed by atoms with Crippen molar-refractivity contribution in [1.82, 2.24) is 15.0 Å². The Kier molecular flexibility index (Phi) is 4.31. The number of para-hydroxylation sites is 1. The molecule has 0 spiro atoms. The van der Waals surface area contributed by atoms with Gasteiger partial charge in [-0.3, -0.25) is 0 Å². The predicted molar refractivity (Wildman–Crippen MR) is 99.7 cm³/mol. The number of hydrogen-bond donors (Lipinski definition) is 0. The summed E-state index contributed by atoms with van der Waals surface area (Å²) in [4.78, 5) is 12.8. The molecule has 8 heteroatoms. The summed E-state index contributed by atoms with van der Waals surface area (Å²) in [6.45, 7) is 0.480. The van der Waals surface area contributed by atoms with E-state index >= 15 is 0 Å². The maximum Gasteiger partial charge on any atom is 0.328 e. The lowest BCUT2D eigenvalue weighted by Gasteiger charge is -2.07. The van der Waals surface area contributed by atoms with Gasteiger partial charge in [-0.05, 0) is 49.1 Å². The van der Waals surface area contributed by atoms with Gasteiger partial charge in [0.2, 0.25) is 5.89 Å². The van der Waals surface area contributed by atoms with Crippen LogP contribution in [-0.2, 0) is 0 Å². The molecule has 2 aromatic heterocycles. The van der Waals surface area contributed by atoms with Gasteiger partial charge in [0.1, 0.15) is 5.82 Å². The highest BCUT2D eigenvalue weighted by atomic mass is 19.1. The second-order valence-electron chi connectivity index (χ2n) is 6.78. The first-order valence-corrected chi connectivity index (χ1v) is 9.15. The van der Waals surface area contributed by atoms with E-state index in [0.29, 0.717) is 23.6 Å². The molecule has 2 aromatic carbocycles. The topological polar surface area (TPSA) is 70.3 Å². The van der Waals surface area contributed by atoms with Crippen molar-refractivity contribution in [3.05, 3.63) is 60.2 Å². The Morgan fingerprint density at radius 3 is 2.66 bits per heavy atom. The number of benzene rings is 2. The fourth-order valence-corrected chi connectivity index (χ4v) is 2.78. The zero-order chi connectivity index (χ0) is 19.8. The average molecular weight is 395 g/mol. The first kappa shape index (κ1) is 17.5. The monoisotopic (exact) mass is 395 g/mol. The number of aromatic nitrogens is 3. The van der Waals surface area contributed by atoms with E-state index in [2.05, 4.69) is 15.0 Å². The summed E-state index contributed by atoms with van der Waals surface area (Å²) in [6.07, 6.45) is 2.19. The van der Waals surface area contributed by atoms with E-state index in [4.69, 9.17) is 13.9 Å². The molecular weight excluding hydrogens is 380 g/mol. The molecule has 0 bridgehead atoms. The van der Waals surface area contributed by atoms with Gasteiger partial charge in [0.25, 0.3) is 11.6 Å². The highest BCUT2D eigenvalue weighted by Crippen LogP contribution is 2.34. The Morgan fingerprint density at radius 2 is 1.86 bits per heavy atom. The predicted octanol–water partition coefficient (Wildman–Crippen LogP) is 5.14. The zero-order valence-electron chi connectivity index (χ0n) is 15.1. The van der Waals surface area contributed by atoms with Gasteiger partial charge in [-0.15, -0.1) is 0 Å². The minimum absolute atomic E-state index is 0.0233. The first-order valence-electron chi connectivity index (χ1n) is 9.15. The maximum atomic E-state index is 13.9. The number of halogens is 2. The molecule has 0 unspecified atom stereocenters. The zero-order valence-corrected chi connectivity index (χ0v) is 15.1. The summed E-state index contributed by atoms with van der Waals surface area (Å²) >= 11 is 0. The highest BCUT2D eigenvalue weighted by Gasteiger charge is 2.25. The lowest BCUT2D eigenvalue weighted by Crippen LogP contribution is -2.03. The fraction of sp³-hybridized carbons (Fsp3) is 0.190. The van der Waals surface area contributed by atoms with Crippen LogP contribution in [-0.4, -0.2) is 21.6 Å². The number of rotatable bonds is 6. The summed E-state index contributed by atoms with van der Waals surface area (Å²) in [7, 11) is 0. The Hall–Kier alpha value is -3.55. The third-order valence-corrected chi connectivity index (χ3v) is 4.47. The Morgan fingerprint density at radius 1 is 1.00 bits per heavy atom. The standard InChI is InChI=1S/C21H15F2N3O3/c22-14-5-3-4-13(10-14)18-24-17-19(27-11-12-8-9-12)25-21(26-20(17)29-18)28-16-7-2-1-6-15(16)23/h1-7,10,12H,8-9,11H2. The van der Waals surface area contributed by atoms with Gasteiger partial charge >= 0.3 is 6.01 Å². The molecule has 1 aliphatic carbocycles. The summed E-state index contributed by atoms with van der Waals surface area (Å²) in [5, 5.41) is 0. The molecule has 2 heterocycles. The Bertz CT molecular complexity index is 1190. The molecule has 146 valence electrons. The highest BCUT2D eigenvalue weighted by molar-refractivity contribution is 5.77. The summed E-state index contributed by atoms with van der Waals surface area (Å²) in [6, 6.07) is 11.7. The smallest absolute Gasteiger partial charge is 0.328 e. The van der Waals surface area contributed by atoms with Crippen molar-refractivity contribution in [1.29, 1.82) is 0 Å².